The Balaban J connectivity index is 1.95. The van der Waals surface area contributed by atoms with Gasteiger partial charge >= 0.3 is 0 Å². The molecule has 0 bridgehead atoms. The van der Waals surface area contributed by atoms with E-state index in [0.29, 0.717) is 12.2 Å². The smallest absolute Gasteiger partial charge is 0.271 e. The molecule has 2 heterocycles. The Bertz CT molecular complexity index is 1320. The molecule has 0 unspecified atom stereocenters. The lowest BCUT2D eigenvalue weighted by atomic mass is 9.97. The van der Waals surface area contributed by atoms with Crippen LogP contribution in [0.5, 0.6) is 11.6 Å². The first kappa shape index (κ1) is 27.3. The minimum Gasteiger partial charge on any atom is -0.494 e. The minimum atomic E-state index is -0.702. The topological polar surface area (TPSA) is 105 Å². The van der Waals surface area contributed by atoms with Crippen molar-refractivity contribution in [3.8, 4) is 17.7 Å². The number of unbranched alkanes of at least 4 members (excludes halogenated alkanes) is 4. The minimum absolute atomic E-state index is 0.0692. The number of hydrogen-bond acceptors (Lipinski definition) is 6. The molecule has 0 aliphatic carbocycles. The maximum absolute atomic E-state index is 13.5. The molecule has 1 N–H and O–H groups in total. The zero-order valence-electron chi connectivity index (χ0n) is 20.2. The summed E-state index contributed by atoms with van der Waals surface area (Å²) in [6.45, 7) is 3.97. The number of nitriles is 1. The van der Waals surface area contributed by atoms with E-state index in [-0.39, 0.29) is 44.6 Å². The number of rotatable bonds is 11. The van der Waals surface area contributed by atoms with Crippen LogP contribution in [0.3, 0.4) is 0 Å². The van der Waals surface area contributed by atoms with Gasteiger partial charge in [-0.3, -0.25) is 19.1 Å². The molecular formula is C27H27Cl2N3O4. The Morgan fingerprint density at radius 1 is 1.19 bits per heavy atom. The van der Waals surface area contributed by atoms with Gasteiger partial charge in [0.05, 0.1) is 28.8 Å². The zero-order chi connectivity index (χ0) is 26.2. The predicted molar refractivity (Wildman–Crippen MR) is 139 cm³/mol. The maximum atomic E-state index is 13.5. The van der Waals surface area contributed by atoms with E-state index in [0.717, 1.165) is 30.3 Å². The van der Waals surface area contributed by atoms with Gasteiger partial charge in [-0.15, -0.1) is 0 Å². The largest absolute Gasteiger partial charge is 0.494 e. The molecule has 3 rings (SSSR count). The molecule has 0 saturated heterocycles. The molecule has 3 aromatic rings. The Morgan fingerprint density at radius 3 is 2.50 bits per heavy atom. The Morgan fingerprint density at radius 2 is 1.89 bits per heavy atom. The van der Waals surface area contributed by atoms with Crippen LogP contribution in [0.1, 0.15) is 71.6 Å². The number of nitrogens with zero attached hydrogens (tertiary/aromatic N) is 3. The molecule has 1 aromatic carbocycles. The summed E-state index contributed by atoms with van der Waals surface area (Å²) in [5, 5.41) is 20.9. The Hall–Kier alpha value is -3.34. The van der Waals surface area contributed by atoms with Crippen LogP contribution in [0.4, 0.5) is 0 Å². The molecule has 9 heteroatoms. The number of aromatic nitrogens is 2. The van der Waals surface area contributed by atoms with Gasteiger partial charge in [0, 0.05) is 18.0 Å². The maximum Gasteiger partial charge on any atom is 0.271 e. The van der Waals surface area contributed by atoms with Crippen LogP contribution in [-0.4, -0.2) is 27.0 Å². The van der Waals surface area contributed by atoms with Crippen molar-refractivity contribution in [3.63, 3.8) is 0 Å². The lowest BCUT2D eigenvalue weighted by Crippen LogP contribution is -2.27. The highest BCUT2D eigenvalue weighted by molar-refractivity contribution is 6.38. The second kappa shape index (κ2) is 12.6. The number of halogens is 2. The van der Waals surface area contributed by atoms with Crippen LogP contribution in [0.15, 0.2) is 41.5 Å². The summed E-state index contributed by atoms with van der Waals surface area (Å²) in [6.07, 6.45) is 8.45. The third-order valence-electron chi connectivity index (χ3n) is 5.85. The van der Waals surface area contributed by atoms with Gasteiger partial charge in [-0.25, -0.2) is 0 Å². The fourth-order valence-corrected chi connectivity index (χ4v) is 4.49. The van der Waals surface area contributed by atoms with Crippen LogP contribution in [-0.2, 0) is 6.54 Å². The molecule has 0 amide bonds. The first-order valence-corrected chi connectivity index (χ1v) is 12.5. The predicted octanol–water partition coefficient (Wildman–Crippen LogP) is 6.06. The molecule has 0 atom stereocenters. The summed E-state index contributed by atoms with van der Waals surface area (Å²) >= 11 is 12.8. The van der Waals surface area contributed by atoms with Crippen molar-refractivity contribution in [2.75, 3.05) is 6.61 Å². The van der Waals surface area contributed by atoms with Crippen LogP contribution in [0, 0.1) is 18.3 Å². The lowest BCUT2D eigenvalue weighted by molar-refractivity contribution is 0.103. The number of aromatic hydroxyl groups is 1. The van der Waals surface area contributed by atoms with Crippen LogP contribution in [0.2, 0.25) is 10.0 Å². The number of carbonyl (C=O) groups is 1. The normalized spacial score (nSPS) is 10.8. The standard InChI is InChI=1S/C27H27Cl2N3O4/c1-3-4-5-6-7-11-36-25-21(28)12-19(13-22(25)29)24(33)23-17(2)20(14-30)26(34)32(27(23)35)16-18-9-8-10-31-15-18/h8-10,12-13,15,35H,3-7,11,16H2,1-2H3. The average Bonchev–Trinajstić information content (AvgIpc) is 2.86. The first-order valence-electron chi connectivity index (χ1n) is 11.7. The molecule has 0 fully saturated rings. The molecule has 7 nitrogen and oxygen atoms in total. The third-order valence-corrected chi connectivity index (χ3v) is 6.41. The average molecular weight is 528 g/mol. The molecule has 2 aromatic heterocycles. The van der Waals surface area contributed by atoms with Gasteiger partial charge in [0.15, 0.2) is 11.5 Å². The highest BCUT2D eigenvalue weighted by atomic mass is 35.5. The number of benzene rings is 1. The summed E-state index contributed by atoms with van der Waals surface area (Å²) < 4.78 is 6.74. The molecule has 0 spiro atoms. The highest BCUT2D eigenvalue weighted by Gasteiger charge is 2.26. The van der Waals surface area contributed by atoms with E-state index < -0.39 is 17.2 Å². The summed E-state index contributed by atoms with van der Waals surface area (Å²) in [7, 11) is 0. The van der Waals surface area contributed by atoms with Crippen LogP contribution in [0.25, 0.3) is 0 Å². The highest BCUT2D eigenvalue weighted by Crippen LogP contribution is 2.36. The van der Waals surface area contributed by atoms with Crippen LogP contribution >= 0.6 is 23.2 Å². The van der Waals surface area contributed by atoms with E-state index in [1.807, 2.05) is 6.07 Å². The number of ketones is 1. The number of carbonyl (C=O) groups excluding carboxylic acids is 1. The molecule has 36 heavy (non-hydrogen) atoms. The number of ether oxygens (including phenoxy) is 1. The number of pyridine rings is 2. The second-order valence-corrected chi connectivity index (χ2v) is 9.24. The monoisotopic (exact) mass is 527 g/mol. The third kappa shape index (κ3) is 6.07. The molecule has 0 aliphatic heterocycles. The van der Waals surface area contributed by atoms with Gasteiger partial charge in [0.1, 0.15) is 11.6 Å². The van der Waals surface area contributed by atoms with Gasteiger partial charge in [0.2, 0.25) is 5.88 Å². The van der Waals surface area contributed by atoms with Gasteiger partial charge in [0.25, 0.3) is 5.56 Å². The SMILES string of the molecule is CCCCCCCOc1c(Cl)cc(C(=O)c2c(C)c(C#N)c(=O)n(Cc3cccnc3)c2O)cc1Cl. The van der Waals surface area contributed by atoms with Crippen molar-refractivity contribution in [2.24, 2.45) is 0 Å². The van der Waals surface area contributed by atoms with E-state index in [4.69, 9.17) is 27.9 Å². The van der Waals surface area contributed by atoms with E-state index in [2.05, 4.69) is 11.9 Å². The molecular weight excluding hydrogens is 501 g/mol. The fraction of sp³-hybridized carbons (Fsp3) is 0.333. The van der Waals surface area contributed by atoms with Gasteiger partial charge in [-0.05, 0) is 42.7 Å². The molecule has 188 valence electrons. The summed E-state index contributed by atoms with van der Waals surface area (Å²) in [5.41, 5.74) is -0.330. The van der Waals surface area contributed by atoms with Gasteiger partial charge in [-0.1, -0.05) is 61.9 Å². The van der Waals surface area contributed by atoms with Gasteiger partial charge < -0.3 is 9.84 Å². The Labute approximate surface area is 219 Å². The molecule has 0 aliphatic rings. The second-order valence-electron chi connectivity index (χ2n) is 8.42. The summed E-state index contributed by atoms with van der Waals surface area (Å²) in [5.74, 6) is -0.896. The summed E-state index contributed by atoms with van der Waals surface area (Å²) in [6, 6.07) is 8.06. The van der Waals surface area contributed by atoms with E-state index >= 15 is 0 Å². The van der Waals surface area contributed by atoms with E-state index in [1.54, 1.807) is 18.3 Å². The fourth-order valence-electron chi connectivity index (χ4n) is 3.90. The number of hydrogen-bond donors (Lipinski definition) is 1. The van der Waals surface area contributed by atoms with Crippen molar-refractivity contribution < 1.29 is 14.6 Å². The van der Waals surface area contributed by atoms with Crippen molar-refractivity contribution in [1.82, 2.24) is 9.55 Å². The van der Waals surface area contributed by atoms with Crippen LogP contribution < -0.4 is 10.3 Å². The molecule has 0 radical (unpaired) electrons. The Kier molecular flexibility index (Phi) is 9.51. The molecule has 0 saturated carbocycles. The van der Waals surface area contributed by atoms with Crippen molar-refractivity contribution >= 4 is 29.0 Å². The van der Waals surface area contributed by atoms with Gasteiger partial charge in [-0.2, -0.15) is 5.26 Å². The van der Waals surface area contributed by atoms with Crippen molar-refractivity contribution in [1.29, 1.82) is 5.26 Å². The van der Waals surface area contributed by atoms with Crippen molar-refractivity contribution in [2.45, 2.75) is 52.5 Å². The van der Waals surface area contributed by atoms with Crippen molar-refractivity contribution in [3.05, 3.63) is 84.9 Å². The van der Waals surface area contributed by atoms with E-state index in [9.17, 15) is 20.0 Å². The first-order chi connectivity index (χ1) is 17.3. The quantitative estimate of drug-likeness (QED) is 0.240. The lowest BCUT2D eigenvalue weighted by Gasteiger charge is -2.16. The van der Waals surface area contributed by atoms with E-state index in [1.165, 1.54) is 31.7 Å². The summed E-state index contributed by atoms with van der Waals surface area (Å²) in [4.78, 5) is 30.4. The zero-order valence-corrected chi connectivity index (χ0v) is 21.7.